The van der Waals surface area contributed by atoms with E-state index in [1.807, 2.05) is 6.92 Å². The smallest absolute Gasteiger partial charge is 0.326 e. The van der Waals surface area contributed by atoms with Gasteiger partial charge in [0.25, 0.3) is 0 Å². The fourth-order valence-electron chi connectivity index (χ4n) is 2.32. The van der Waals surface area contributed by atoms with Gasteiger partial charge in [0.15, 0.2) is 0 Å². The van der Waals surface area contributed by atoms with Gasteiger partial charge in [0.05, 0.1) is 5.41 Å². The lowest BCUT2D eigenvalue weighted by atomic mass is 9.77. The van der Waals surface area contributed by atoms with Crippen molar-refractivity contribution in [3.05, 3.63) is 0 Å². The second-order valence-electron chi connectivity index (χ2n) is 4.79. The Hall–Kier alpha value is -1.14. The lowest BCUT2D eigenvalue weighted by molar-refractivity contribution is -0.144. The molecular weight excluding hydrogens is 236 g/mol. The van der Waals surface area contributed by atoms with Gasteiger partial charge in [0, 0.05) is 19.6 Å². The molecule has 0 bridgehead atoms. The third kappa shape index (κ3) is 3.43. The maximum absolute atomic E-state index is 12.2. The van der Waals surface area contributed by atoms with E-state index in [4.69, 9.17) is 10.2 Å². The van der Waals surface area contributed by atoms with E-state index in [1.165, 1.54) is 0 Å². The molecule has 6 heteroatoms. The summed E-state index contributed by atoms with van der Waals surface area (Å²) in [6.07, 6.45) is 2.40. The van der Waals surface area contributed by atoms with Gasteiger partial charge in [-0.05, 0) is 25.8 Å². The second kappa shape index (κ2) is 6.70. The molecule has 0 aliphatic carbocycles. The zero-order chi connectivity index (χ0) is 13.6. The van der Waals surface area contributed by atoms with Crippen molar-refractivity contribution in [3.8, 4) is 0 Å². The van der Waals surface area contributed by atoms with Gasteiger partial charge < -0.3 is 20.8 Å². The summed E-state index contributed by atoms with van der Waals surface area (Å²) >= 11 is 0. The first-order valence-electron chi connectivity index (χ1n) is 6.41. The summed E-state index contributed by atoms with van der Waals surface area (Å²) in [7, 11) is 0. The zero-order valence-electron chi connectivity index (χ0n) is 10.7. The maximum Gasteiger partial charge on any atom is 0.326 e. The standard InChI is InChI=1S/C12H22N2O4/c1-2-12(5-3-6-13-8-12)11(18)14-9(4-7-15)10(16)17/h9,13,15H,2-8H2,1H3,(H,14,18)(H,16,17). The molecule has 0 aromatic carbocycles. The molecule has 1 rings (SSSR count). The molecular formula is C12H22N2O4. The number of rotatable bonds is 6. The largest absolute Gasteiger partial charge is 0.480 e. The molecule has 0 saturated carbocycles. The predicted octanol–water partition coefficient (Wildman–Crippen LogP) is -0.282. The first kappa shape index (κ1) is 14.9. The number of aliphatic hydroxyl groups excluding tert-OH is 1. The van der Waals surface area contributed by atoms with Gasteiger partial charge in [-0.2, -0.15) is 0 Å². The van der Waals surface area contributed by atoms with Crippen LogP contribution in [0.2, 0.25) is 0 Å². The van der Waals surface area contributed by atoms with Crippen LogP contribution < -0.4 is 10.6 Å². The summed E-state index contributed by atoms with van der Waals surface area (Å²) < 4.78 is 0. The van der Waals surface area contributed by atoms with E-state index in [1.54, 1.807) is 0 Å². The molecule has 1 saturated heterocycles. The minimum Gasteiger partial charge on any atom is -0.480 e. The maximum atomic E-state index is 12.2. The number of nitrogens with one attached hydrogen (secondary N) is 2. The van der Waals surface area contributed by atoms with Crippen molar-refractivity contribution < 1.29 is 19.8 Å². The molecule has 1 aliphatic heterocycles. The zero-order valence-corrected chi connectivity index (χ0v) is 10.7. The molecule has 1 amide bonds. The summed E-state index contributed by atoms with van der Waals surface area (Å²) in [5, 5.41) is 23.5. The summed E-state index contributed by atoms with van der Waals surface area (Å²) in [6.45, 7) is 3.16. The van der Waals surface area contributed by atoms with Crippen LogP contribution in [0.25, 0.3) is 0 Å². The normalized spacial score (nSPS) is 25.4. The highest BCUT2D eigenvalue weighted by molar-refractivity contribution is 5.87. The van der Waals surface area contributed by atoms with Crippen molar-refractivity contribution >= 4 is 11.9 Å². The fourth-order valence-corrected chi connectivity index (χ4v) is 2.32. The Morgan fingerprint density at radius 3 is 2.67 bits per heavy atom. The van der Waals surface area contributed by atoms with Crippen molar-refractivity contribution in [1.29, 1.82) is 0 Å². The molecule has 1 aliphatic rings. The van der Waals surface area contributed by atoms with E-state index in [2.05, 4.69) is 10.6 Å². The molecule has 2 atom stereocenters. The van der Waals surface area contributed by atoms with Gasteiger partial charge >= 0.3 is 5.97 Å². The molecule has 1 fully saturated rings. The third-order valence-corrected chi connectivity index (χ3v) is 3.65. The van der Waals surface area contributed by atoms with E-state index in [0.29, 0.717) is 13.0 Å². The molecule has 4 N–H and O–H groups in total. The van der Waals surface area contributed by atoms with E-state index in [-0.39, 0.29) is 18.9 Å². The van der Waals surface area contributed by atoms with Gasteiger partial charge in [-0.25, -0.2) is 4.79 Å². The van der Waals surface area contributed by atoms with Crippen LogP contribution in [0.4, 0.5) is 0 Å². The number of piperidine rings is 1. The number of hydrogen-bond donors (Lipinski definition) is 4. The highest BCUT2D eigenvalue weighted by Crippen LogP contribution is 2.30. The fraction of sp³-hybridized carbons (Fsp3) is 0.833. The minimum absolute atomic E-state index is 0.0360. The Balaban J connectivity index is 2.68. The molecule has 6 nitrogen and oxygen atoms in total. The van der Waals surface area contributed by atoms with E-state index < -0.39 is 17.4 Å². The number of amides is 1. The Kier molecular flexibility index (Phi) is 5.55. The van der Waals surface area contributed by atoms with Crippen LogP contribution in [0, 0.1) is 5.41 Å². The number of carboxylic acids is 1. The lowest BCUT2D eigenvalue weighted by Gasteiger charge is -2.36. The highest BCUT2D eigenvalue weighted by Gasteiger charge is 2.39. The number of aliphatic carboxylic acids is 1. The van der Waals surface area contributed by atoms with Crippen LogP contribution in [-0.2, 0) is 9.59 Å². The number of carbonyl (C=O) groups is 2. The molecule has 0 aromatic heterocycles. The molecule has 0 spiro atoms. The van der Waals surface area contributed by atoms with Gasteiger partial charge in [-0.3, -0.25) is 4.79 Å². The van der Waals surface area contributed by atoms with Crippen LogP contribution in [0.3, 0.4) is 0 Å². The second-order valence-corrected chi connectivity index (χ2v) is 4.79. The molecule has 0 radical (unpaired) electrons. The highest BCUT2D eigenvalue weighted by atomic mass is 16.4. The van der Waals surface area contributed by atoms with Crippen LogP contribution >= 0.6 is 0 Å². The van der Waals surface area contributed by atoms with Crippen molar-refractivity contribution in [1.82, 2.24) is 10.6 Å². The molecule has 104 valence electrons. The molecule has 2 unspecified atom stereocenters. The number of carboxylic acid groups (broad SMARTS) is 1. The van der Waals surface area contributed by atoms with E-state index in [0.717, 1.165) is 19.4 Å². The number of carbonyl (C=O) groups excluding carboxylic acids is 1. The molecule has 1 heterocycles. The van der Waals surface area contributed by atoms with Gasteiger partial charge in [-0.1, -0.05) is 6.92 Å². The number of aliphatic hydroxyl groups is 1. The quantitative estimate of drug-likeness (QED) is 0.525. The van der Waals surface area contributed by atoms with Crippen LogP contribution in [0.5, 0.6) is 0 Å². The summed E-state index contributed by atoms with van der Waals surface area (Å²) in [5.41, 5.74) is -0.512. The number of hydrogen-bond acceptors (Lipinski definition) is 4. The van der Waals surface area contributed by atoms with Crippen molar-refractivity contribution in [2.45, 2.75) is 38.6 Å². The topological polar surface area (TPSA) is 98.7 Å². The molecule has 18 heavy (non-hydrogen) atoms. The van der Waals surface area contributed by atoms with Crippen LogP contribution in [0.1, 0.15) is 32.6 Å². The average molecular weight is 258 g/mol. The lowest BCUT2D eigenvalue weighted by Crippen LogP contribution is -2.54. The summed E-state index contributed by atoms with van der Waals surface area (Å²) in [6, 6.07) is -1.01. The Labute approximate surface area is 107 Å². The van der Waals surface area contributed by atoms with E-state index >= 15 is 0 Å². The van der Waals surface area contributed by atoms with Crippen molar-refractivity contribution in [2.24, 2.45) is 5.41 Å². The minimum atomic E-state index is -1.10. The van der Waals surface area contributed by atoms with Crippen LogP contribution in [0.15, 0.2) is 0 Å². The Morgan fingerprint density at radius 2 is 2.22 bits per heavy atom. The van der Waals surface area contributed by atoms with Gasteiger partial charge in [0.2, 0.25) is 5.91 Å². The third-order valence-electron chi connectivity index (χ3n) is 3.65. The first-order valence-corrected chi connectivity index (χ1v) is 6.41. The SMILES string of the molecule is CCC1(C(=O)NC(CCO)C(=O)O)CCCNC1. The first-order chi connectivity index (χ1) is 8.55. The van der Waals surface area contributed by atoms with Gasteiger partial charge in [0.1, 0.15) is 6.04 Å². The summed E-state index contributed by atoms with van der Waals surface area (Å²) in [4.78, 5) is 23.2. The van der Waals surface area contributed by atoms with Crippen LogP contribution in [-0.4, -0.2) is 47.8 Å². The molecule has 0 aromatic rings. The predicted molar refractivity (Wildman–Crippen MR) is 66.1 cm³/mol. The average Bonchev–Trinajstić information content (AvgIpc) is 2.38. The van der Waals surface area contributed by atoms with E-state index in [9.17, 15) is 9.59 Å². The van der Waals surface area contributed by atoms with Crippen molar-refractivity contribution in [3.63, 3.8) is 0 Å². The Bertz CT molecular complexity index is 300. The Morgan fingerprint density at radius 1 is 1.50 bits per heavy atom. The summed E-state index contributed by atoms with van der Waals surface area (Å²) in [5.74, 6) is -1.33. The van der Waals surface area contributed by atoms with Crippen molar-refractivity contribution in [2.75, 3.05) is 19.7 Å². The van der Waals surface area contributed by atoms with Gasteiger partial charge in [-0.15, -0.1) is 0 Å². The monoisotopic (exact) mass is 258 g/mol.